The van der Waals surface area contributed by atoms with Gasteiger partial charge in [0.2, 0.25) is 0 Å². The lowest BCUT2D eigenvalue weighted by molar-refractivity contribution is 0.163. The molecule has 2 nitrogen and oxygen atoms in total. The molecular formula is C8H16FNO. The van der Waals surface area contributed by atoms with E-state index in [4.69, 9.17) is 10.8 Å². The summed E-state index contributed by atoms with van der Waals surface area (Å²) in [6, 6.07) is 0. The summed E-state index contributed by atoms with van der Waals surface area (Å²) in [7, 11) is 0. The van der Waals surface area contributed by atoms with Gasteiger partial charge in [0.25, 0.3) is 0 Å². The first-order valence-electron chi connectivity index (χ1n) is 4.16. The van der Waals surface area contributed by atoms with Crippen molar-refractivity contribution in [2.45, 2.75) is 31.2 Å². The molecule has 0 amide bonds. The van der Waals surface area contributed by atoms with Crippen molar-refractivity contribution in [1.82, 2.24) is 0 Å². The molecule has 1 saturated carbocycles. The smallest absolute Gasteiger partial charge is 0.0912 e. The van der Waals surface area contributed by atoms with E-state index in [1.165, 1.54) is 12.8 Å². The molecule has 0 aromatic heterocycles. The molecule has 0 spiro atoms. The molecule has 0 heterocycles. The van der Waals surface area contributed by atoms with Gasteiger partial charge in [0.05, 0.1) is 13.3 Å². The Hall–Kier alpha value is -0.150. The summed E-state index contributed by atoms with van der Waals surface area (Å²) in [4.78, 5) is 0. The Kier molecular flexibility index (Phi) is 2.84. The average molecular weight is 161 g/mol. The van der Waals surface area contributed by atoms with Crippen LogP contribution in [0.5, 0.6) is 0 Å². The lowest BCUT2D eigenvalue weighted by Gasteiger charge is -2.25. The van der Waals surface area contributed by atoms with Crippen molar-refractivity contribution < 1.29 is 9.50 Å². The fourth-order valence-corrected chi connectivity index (χ4v) is 1.33. The van der Waals surface area contributed by atoms with Gasteiger partial charge in [0.1, 0.15) is 0 Å². The van der Waals surface area contributed by atoms with Crippen LogP contribution in [0.2, 0.25) is 0 Å². The Labute approximate surface area is 66.6 Å². The number of hydrogen-bond donors (Lipinski definition) is 2. The number of halogens is 1. The summed E-state index contributed by atoms with van der Waals surface area (Å²) in [6.45, 7) is -0.517. The van der Waals surface area contributed by atoms with E-state index in [2.05, 4.69) is 0 Å². The molecule has 0 unspecified atom stereocenters. The van der Waals surface area contributed by atoms with Crippen LogP contribution in [0.4, 0.5) is 4.39 Å². The highest BCUT2D eigenvalue weighted by Crippen LogP contribution is 2.36. The highest BCUT2D eigenvalue weighted by atomic mass is 19.1. The van der Waals surface area contributed by atoms with Crippen molar-refractivity contribution in [2.24, 2.45) is 11.7 Å². The Balaban J connectivity index is 2.29. The second kappa shape index (κ2) is 3.50. The third kappa shape index (κ3) is 2.75. The molecule has 0 aliphatic heterocycles. The van der Waals surface area contributed by atoms with Gasteiger partial charge >= 0.3 is 0 Å². The molecule has 1 aliphatic rings. The Morgan fingerprint density at radius 3 is 2.55 bits per heavy atom. The summed E-state index contributed by atoms with van der Waals surface area (Å²) in [5, 5.41) is 8.90. The number of nitrogens with two attached hydrogens (primary N) is 1. The molecule has 0 aromatic carbocycles. The van der Waals surface area contributed by atoms with Crippen LogP contribution in [0.25, 0.3) is 0 Å². The van der Waals surface area contributed by atoms with Crippen molar-refractivity contribution in [3.8, 4) is 0 Å². The summed E-state index contributed by atoms with van der Waals surface area (Å²) in [5.74, 6) is 0.652. The number of rotatable bonds is 5. The van der Waals surface area contributed by atoms with Crippen molar-refractivity contribution in [1.29, 1.82) is 0 Å². The van der Waals surface area contributed by atoms with E-state index >= 15 is 0 Å². The minimum Gasteiger partial charge on any atom is -0.394 e. The van der Waals surface area contributed by atoms with E-state index in [0.29, 0.717) is 12.3 Å². The van der Waals surface area contributed by atoms with Crippen molar-refractivity contribution in [3.63, 3.8) is 0 Å². The van der Waals surface area contributed by atoms with Gasteiger partial charge in [-0.3, -0.25) is 4.39 Å². The number of aliphatic hydroxyl groups is 1. The Morgan fingerprint density at radius 1 is 1.55 bits per heavy atom. The fourth-order valence-electron chi connectivity index (χ4n) is 1.33. The van der Waals surface area contributed by atoms with Crippen LogP contribution >= 0.6 is 0 Å². The predicted molar refractivity (Wildman–Crippen MR) is 41.9 cm³/mol. The zero-order chi connectivity index (χ0) is 8.32. The molecule has 0 bridgehead atoms. The van der Waals surface area contributed by atoms with Crippen molar-refractivity contribution in [2.75, 3.05) is 13.3 Å². The second-order valence-electron chi connectivity index (χ2n) is 3.61. The first-order valence-corrected chi connectivity index (χ1v) is 4.16. The molecule has 11 heavy (non-hydrogen) atoms. The van der Waals surface area contributed by atoms with E-state index in [-0.39, 0.29) is 6.61 Å². The summed E-state index contributed by atoms with van der Waals surface area (Å²) in [5.41, 5.74) is 5.12. The van der Waals surface area contributed by atoms with Crippen molar-refractivity contribution in [3.05, 3.63) is 0 Å². The maximum Gasteiger partial charge on any atom is 0.0912 e. The minimum atomic E-state index is -0.643. The molecule has 3 heteroatoms. The van der Waals surface area contributed by atoms with Crippen molar-refractivity contribution >= 4 is 0 Å². The SMILES string of the molecule is N[C@@](CO)(CCF)CC1CC1. The van der Waals surface area contributed by atoms with Crippen LogP contribution in [0.3, 0.4) is 0 Å². The third-order valence-electron chi connectivity index (χ3n) is 2.30. The first kappa shape index (κ1) is 8.94. The monoisotopic (exact) mass is 161 g/mol. The van der Waals surface area contributed by atoms with E-state index in [1.54, 1.807) is 0 Å². The largest absolute Gasteiger partial charge is 0.394 e. The van der Waals surface area contributed by atoms with Gasteiger partial charge in [-0.1, -0.05) is 12.8 Å². The minimum absolute atomic E-state index is 0.0899. The molecule has 0 aromatic rings. The lowest BCUT2D eigenvalue weighted by atomic mass is 9.91. The lowest BCUT2D eigenvalue weighted by Crippen LogP contribution is -2.44. The topological polar surface area (TPSA) is 46.2 Å². The highest BCUT2D eigenvalue weighted by molar-refractivity contribution is 4.90. The molecule has 0 radical (unpaired) electrons. The fraction of sp³-hybridized carbons (Fsp3) is 1.00. The third-order valence-corrected chi connectivity index (χ3v) is 2.30. The van der Waals surface area contributed by atoms with Crippen LogP contribution in [0, 0.1) is 5.92 Å². The molecule has 1 aliphatic carbocycles. The van der Waals surface area contributed by atoms with E-state index < -0.39 is 12.2 Å². The van der Waals surface area contributed by atoms with Gasteiger partial charge < -0.3 is 10.8 Å². The van der Waals surface area contributed by atoms with Crippen LogP contribution in [-0.2, 0) is 0 Å². The Morgan fingerprint density at radius 2 is 2.18 bits per heavy atom. The first-order chi connectivity index (χ1) is 5.20. The molecule has 1 atom stereocenters. The van der Waals surface area contributed by atoms with E-state index in [0.717, 1.165) is 6.42 Å². The van der Waals surface area contributed by atoms with E-state index in [9.17, 15) is 4.39 Å². The molecule has 0 saturated heterocycles. The van der Waals surface area contributed by atoms with Gasteiger partial charge in [-0.2, -0.15) is 0 Å². The quantitative estimate of drug-likeness (QED) is 0.627. The van der Waals surface area contributed by atoms with Crippen LogP contribution in [0.15, 0.2) is 0 Å². The molecule has 3 N–H and O–H groups in total. The summed E-state index contributed by atoms with van der Waals surface area (Å²) in [6.07, 6.45) is 3.48. The van der Waals surface area contributed by atoms with Crippen LogP contribution < -0.4 is 5.73 Å². The molecule has 66 valence electrons. The zero-order valence-electron chi connectivity index (χ0n) is 6.72. The summed E-state index contributed by atoms with van der Waals surface area (Å²) < 4.78 is 12.0. The number of hydrogen-bond acceptors (Lipinski definition) is 2. The molecular weight excluding hydrogens is 145 g/mol. The molecule has 1 rings (SSSR count). The van der Waals surface area contributed by atoms with Gasteiger partial charge in [0, 0.05) is 5.54 Å². The van der Waals surface area contributed by atoms with Gasteiger partial charge in [-0.25, -0.2) is 0 Å². The van der Waals surface area contributed by atoms with Gasteiger partial charge in [-0.05, 0) is 18.8 Å². The average Bonchev–Trinajstić information content (AvgIpc) is 2.73. The summed E-state index contributed by atoms with van der Waals surface area (Å²) >= 11 is 0. The number of aliphatic hydroxyl groups excluding tert-OH is 1. The molecule has 1 fully saturated rings. The van der Waals surface area contributed by atoms with Gasteiger partial charge in [0.15, 0.2) is 0 Å². The van der Waals surface area contributed by atoms with E-state index in [1.807, 2.05) is 0 Å². The maximum absolute atomic E-state index is 12.0. The standard InChI is InChI=1S/C8H16FNO/c9-4-3-8(10,6-11)5-7-1-2-7/h7,11H,1-6,10H2/t8-/m0/s1. The van der Waals surface area contributed by atoms with Crippen LogP contribution in [-0.4, -0.2) is 23.9 Å². The second-order valence-corrected chi connectivity index (χ2v) is 3.61. The normalized spacial score (nSPS) is 23.2. The van der Waals surface area contributed by atoms with Gasteiger partial charge in [-0.15, -0.1) is 0 Å². The number of alkyl halides is 1. The maximum atomic E-state index is 12.0. The van der Waals surface area contributed by atoms with Crippen LogP contribution in [0.1, 0.15) is 25.7 Å². The predicted octanol–water partition coefficient (Wildman–Crippen LogP) is 0.836. The Bertz CT molecular complexity index is 127. The zero-order valence-corrected chi connectivity index (χ0v) is 6.72. The highest BCUT2D eigenvalue weighted by Gasteiger charge is 2.33.